The summed E-state index contributed by atoms with van der Waals surface area (Å²) in [6.07, 6.45) is 0. The van der Waals surface area contributed by atoms with Crippen LogP contribution < -0.4 is 0 Å². The average molecular weight is 292 g/mol. The first-order chi connectivity index (χ1) is 9.78. The highest BCUT2D eigenvalue weighted by molar-refractivity contribution is 4.51. The summed E-state index contributed by atoms with van der Waals surface area (Å²) in [5.41, 5.74) is 0. The lowest BCUT2D eigenvalue weighted by Crippen LogP contribution is -2.29. The molecule has 0 bridgehead atoms. The quantitative estimate of drug-likeness (QED) is 0.342. The molecule has 0 saturated carbocycles. The Labute approximate surface area is 121 Å². The molecule has 0 unspecified atom stereocenters. The van der Waals surface area contributed by atoms with Crippen LogP contribution in [-0.4, -0.2) is 91.1 Å². The fourth-order valence-corrected chi connectivity index (χ4v) is 1.30. The van der Waals surface area contributed by atoms with Gasteiger partial charge in [-0.25, -0.2) is 0 Å². The SMILES string of the molecule is COCCN(CCOC)/N=N/N(CCOC)CCOC. The molecule has 0 atom stereocenters. The molecule has 0 aliphatic carbocycles. The van der Waals surface area contributed by atoms with Gasteiger partial charge in [0, 0.05) is 28.4 Å². The van der Waals surface area contributed by atoms with Gasteiger partial charge in [0.1, 0.15) is 0 Å². The molecule has 0 rings (SSSR count). The van der Waals surface area contributed by atoms with Gasteiger partial charge in [-0.1, -0.05) is 10.4 Å². The van der Waals surface area contributed by atoms with Crippen molar-refractivity contribution in [2.45, 2.75) is 0 Å². The zero-order valence-corrected chi connectivity index (χ0v) is 13.1. The summed E-state index contributed by atoms with van der Waals surface area (Å²) in [7, 11) is 6.65. The Hall–Kier alpha value is -0.960. The van der Waals surface area contributed by atoms with Gasteiger partial charge in [0.2, 0.25) is 0 Å². The lowest BCUT2D eigenvalue weighted by molar-refractivity contribution is 0.0831. The Kier molecular flexibility index (Phi) is 13.8. The summed E-state index contributed by atoms with van der Waals surface area (Å²) in [6, 6.07) is 0. The van der Waals surface area contributed by atoms with Crippen molar-refractivity contribution in [2.75, 3.05) is 81.0 Å². The minimum atomic E-state index is 0.596. The largest absolute Gasteiger partial charge is 0.383 e. The Balaban J connectivity index is 4.30. The monoisotopic (exact) mass is 292 g/mol. The molecule has 0 aliphatic heterocycles. The van der Waals surface area contributed by atoms with E-state index in [1.165, 1.54) is 0 Å². The second-order valence-corrected chi connectivity index (χ2v) is 4.06. The lowest BCUT2D eigenvalue weighted by Gasteiger charge is -2.20. The Bertz CT molecular complexity index is 194. The topological polar surface area (TPSA) is 68.1 Å². The highest BCUT2D eigenvalue weighted by atomic mass is 16.5. The molecule has 8 nitrogen and oxygen atoms in total. The molecule has 0 amide bonds. The van der Waals surface area contributed by atoms with Crippen LogP contribution in [0.4, 0.5) is 0 Å². The first kappa shape index (κ1) is 19.0. The normalized spacial score (nSPS) is 11.2. The van der Waals surface area contributed by atoms with E-state index in [9.17, 15) is 0 Å². The third kappa shape index (κ3) is 10.9. The van der Waals surface area contributed by atoms with Crippen LogP contribution in [0, 0.1) is 0 Å². The van der Waals surface area contributed by atoms with Crippen molar-refractivity contribution in [2.24, 2.45) is 10.4 Å². The van der Waals surface area contributed by atoms with E-state index in [-0.39, 0.29) is 0 Å². The van der Waals surface area contributed by atoms with Crippen molar-refractivity contribution in [3.63, 3.8) is 0 Å². The first-order valence-electron chi connectivity index (χ1n) is 6.65. The lowest BCUT2D eigenvalue weighted by atomic mass is 10.6. The van der Waals surface area contributed by atoms with Gasteiger partial charge in [0.15, 0.2) is 0 Å². The molecule has 0 aromatic carbocycles. The second kappa shape index (κ2) is 14.4. The fourth-order valence-electron chi connectivity index (χ4n) is 1.30. The van der Waals surface area contributed by atoms with Gasteiger partial charge in [-0.15, -0.1) is 0 Å². The van der Waals surface area contributed by atoms with Gasteiger partial charge in [-0.3, -0.25) is 10.0 Å². The van der Waals surface area contributed by atoms with Crippen LogP contribution >= 0.6 is 0 Å². The molecule has 0 aromatic rings. The number of methoxy groups -OCH3 is 4. The second-order valence-electron chi connectivity index (χ2n) is 4.06. The molecule has 0 aromatic heterocycles. The van der Waals surface area contributed by atoms with E-state index in [1.54, 1.807) is 28.4 Å². The molecule has 0 radical (unpaired) electrons. The number of hydrogen-bond donors (Lipinski definition) is 0. The maximum Gasteiger partial charge on any atom is 0.0655 e. The summed E-state index contributed by atoms with van der Waals surface area (Å²) in [5, 5.41) is 12.1. The average Bonchev–Trinajstić information content (AvgIpc) is 2.48. The van der Waals surface area contributed by atoms with E-state index in [4.69, 9.17) is 18.9 Å². The first-order valence-corrected chi connectivity index (χ1v) is 6.65. The molecule has 0 spiro atoms. The molecule has 0 aliphatic rings. The van der Waals surface area contributed by atoms with Gasteiger partial charge in [-0.2, -0.15) is 0 Å². The standard InChI is InChI=1S/C12H28N4O4/c1-17-9-5-15(6-10-18-2)13-14-16(7-11-19-3)8-12-20-4/h5-12H2,1-4H3/b14-13+. The summed E-state index contributed by atoms with van der Waals surface area (Å²) < 4.78 is 20.2. The number of nitrogens with zero attached hydrogens (tertiary/aromatic N) is 4. The van der Waals surface area contributed by atoms with Crippen LogP contribution in [0.2, 0.25) is 0 Å². The Morgan fingerprint density at radius 3 is 1.00 bits per heavy atom. The van der Waals surface area contributed by atoms with Gasteiger partial charge in [-0.05, 0) is 0 Å². The molecule has 0 heterocycles. The Morgan fingerprint density at radius 2 is 0.800 bits per heavy atom. The highest BCUT2D eigenvalue weighted by Crippen LogP contribution is 1.97. The number of hydrogen-bond acceptors (Lipinski definition) is 6. The van der Waals surface area contributed by atoms with Crippen molar-refractivity contribution in [3.05, 3.63) is 0 Å². The minimum Gasteiger partial charge on any atom is -0.383 e. The van der Waals surface area contributed by atoms with Crippen molar-refractivity contribution < 1.29 is 18.9 Å². The highest BCUT2D eigenvalue weighted by Gasteiger charge is 2.04. The van der Waals surface area contributed by atoms with E-state index in [2.05, 4.69) is 10.4 Å². The third-order valence-electron chi connectivity index (χ3n) is 2.51. The molecular weight excluding hydrogens is 264 g/mol. The van der Waals surface area contributed by atoms with Gasteiger partial charge in [0.05, 0.1) is 52.6 Å². The summed E-state index contributed by atoms with van der Waals surface area (Å²) in [6.45, 7) is 5.07. The fraction of sp³-hybridized carbons (Fsp3) is 1.00. The molecule has 0 fully saturated rings. The van der Waals surface area contributed by atoms with Crippen LogP contribution in [0.25, 0.3) is 0 Å². The minimum absolute atomic E-state index is 0.596. The van der Waals surface area contributed by atoms with Crippen molar-refractivity contribution in [3.8, 4) is 0 Å². The van der Waals surface area contributed by atoms with Crippen LogP contribution in [0.3, 0.4) is 0 Å². The third-order valence-corrected chi connectivity index (χ3v) is 2.51. The smallest absolute Gasteiger partial charge is 0.0655 e. The van der Waals surface area contributed by atoms with E-state index in [1.807, 2.05) is 10.0 Å². The van der Waals surface area contributed by atoms with Gasteiger partial charge >= 0.3 is 0 Å². The molecule has 0 N–H and O–H groups in total. The predicted octanol–water partition coefficient (Wildman–Crippen LogP) is 0.458. The molecular formula is C12H28N4O4. The summed E-state index contributed by atoms with van der Waals surface area (Å²) in [4.78, 5) is 0. The van der Waals surface area contributed by atoms with Crippen molar-refractivity contribution in [1.29, 1.82) is 0 Å². The van der Waals surface area contributed by atoms with Gasteiger partial charge < -0.3 is 18.9 Å². The molecule has 120 valence electrons. The predicted molar refractivity (Wildman–Crippen MR) is 75.5 cm³/mol. The van der Waals surface area contributed by atoms with Gasteiger partial charge in [0.25, 0.3) is 0 Å². The zero-order valence-electron chi connectivity index (χ0n) is 13.1. The van der Waals surface area contributed by atoms with Crippen LogP contribution in [0.15, 0.2) is 10.4 Å². The maximum atomic E-state index is 5.05. The van der Waals surface area contributed by atoms with E-state index in [0.717, 1.165) is 0 Å². The van der Waals surface area contributed by atoms with Crippen LogP contribution in [0.5, 0.6) is 0 Å². The Morgan fingerprint density at radius 1 is 0.550 bits per heavy atom. The molecule has 8 heteroatoms. The van der Waals surface area contributed by atoms with Crippen LogP contribution in [0.1, 0.15) is 0 Å². The number of ether oxygens (including phenoxy) is 4. The van der Waals surface area contributed by atoms with E-state index >= 15 is 0 Å². The van der Waals surface area contributed by atoms with Crippen molar-refractivity contribution >= 4 is 0 Å². The maximum absolute atomic E-state index is 5.05. The molecule has 20 heavy (non-hydrogen) atoms. The van der Waals surface area contributed by atoms with Crippen molar-refractivity contribution in [1.82, 2.24) is 10.0 Å². The van der Waals surface area contributed by atoms with E-state index in [0.29, 0.717) is 52.6 Å². The summed E-state index contributed by atoms with van der Waals surface area (Å²) >= 11 is 0. The zero-order chi connectivity index (χ0) is 15.1. The summed E-state index contributed by atoms with van der Waals surface area (Å²) in [5.74, 6) is 0. The van der Waals surface area contributed by atoms with Crippen LogP contribution in [-0.2, 0) is 18.9 Å². The van der Waals surface area contributed by atoms with E-state index < -0.39 is 0 Å². The number of rotatable bonds is 14. The molecule has 0 saturated heterocycles.